The molecule has 4 atom stereocenters. The minimum atomic E-state index is -0.993. The molecule has 3 aromatic carbocycles. The smallest absolute Gasteiger partial charge is 0.177 e. The molecule has 0 aromatic heterocycles. The Kier molecular flexibility index (Phi) is 8.78. The lowest BCUT2D eigenvalue weighted by Crippen LogP contribution is -2.43. The van der Waals surface area contributed by atoms with Gasteiger partial charge in [0, 0.05) is 12.1 Å². The summed E-state index contributed by atoms with van der Waals surface area (Å²) in [5, 5.41) is 11.1. The van der Waals surface area contributed by atoms with E-state index in [-0.39, 0.29) is 24.9 Å². The van der Waals surface area contributed by atoms with Gasteiger partial charge in [-0.25, -0.2) is 0 Å². The van der Waals surface area contributed by atoms with Gasteiger partial charge < -0.3 is 21.3 Å². The van der Waals surface area contributed by atoms with Gasteiger partial charge in [0.1, 0.15) is 12.4 Å². The van der Waals surface area contributed by atoms with Gasteiger partial charge in [-0.1, -0.05) is 78.9 Å². The highest BCUT2D eigenvalue weighted by Gasteiger charge is 2.34. The van der Waals surface area contributed by atoms with Gasteiger partial charge in [-0.05, 0) is 48.9 Å². The number of aliphatic hydroxyl groups excluding tert-OH is 1. The molecule has 5 nitrogen and oxygen atoms in total. The lowest BCUT2D eigenvalue weighted by atomic mass is 9.83. The molecule has 0 heterocycles. The van der Waals surface area contributed by atoms with E-state index in [2.05, 4.69) is 0 Å². The summed E-state index contributed by atoms with van der Waals surface area (Å²) < 4.78 is 5.90. The van der Waals surface area contributed by atoms with Crippen molar-refractivity contribution in [3.63, 3.8) is 0 Å². The summed E-state index contributed by atoms with van der Waals surface area (Å²) in [7, 11) is 0. The third-order valence-corrected chi connectivity index (χ3v) is 6.01. The van der Waals surface area contributed by atoms with Gasteiger partial charge in [0.25, 0.3) is 0 Å². The van der Waals surface area contributed by atoms with Crippen molar-refractivity contribution in [2.75, 3.05) is 6.61 Å². The van der Waals surface area contributed by atoms with Crippen molar-refractivity contribution in [2.45, 2.75) is 44.9 Å². The van der Waals surface area contributed by atoms with Crippen LogP contribution in [0.5, 0.6) is 5.75 Å². The van der Waals surface area contributed by atoms with Crippen molar-refractivity contribution >= 4 is 5.78 Å². The Balaban J connectivity index is 1.75. The summed E-state index contributed by atoms with van der Waals surface area (Å²) in [6, 6.07) is 24.1. The van der Waals surface area contributed by atoms with Crippen LogP contribution in [0.25, 0.3) is 0 Å². The van der Waals surface area contributed by atoms with Crippen LogP contribution in [-0.2, 0) is 11.2 Å². The average molecular weight is 447 g/mol. The van der Waals surface area contributed by atoms with Crippen LogP contribution in [0, 0.1) is 19.8 Å². The number of carbonyl (C=O) groups is 1. The first-order valence-corrected chi connectivity index (χ1v) is 11.4. The van der Waals surface area contributed by atoms with Crippen molar-refractivity contribution in [3.05, 3.63) is 101 Å². The van der Waals surface area contributed by atoms with E-state index < -0.39 is 18.1 Å². The first-order valence-electron chi connectivity index (χ1n) is 11.4. The summed E-state index contributed by atoms with van der Waals surface area (Å²) in [6.07, 6.45) is -0.124. The Labute approximate surface area is 196 Å². The van der Waals surface area contributed by atoms with Crippen molar-refractivity contribution < 1.29 is 14.6 Å². The molecule has 0 spiro atoms. The second-order valence-corrected chi connectivity index (χ2v) is 8.69. The minimum Gasteiger partial charge on any atom is -0.485 e. The quantitative estimate of drug-likeness (QED) is 0.415. The third-order valence-electron chi connectivity index (χ3n) is 6.01. The van der Waals surface area contributed by atoms with E-state index in [9.17, 15) is 9.90 Å². The molecule has 0 saturated carbocycles. The van der Waals surface area contributed by atoms with Gasteiger partial charge in [-0.3, -0.25) is 4.79 Å². The highest BCUT2D eigenvalue weighted by Crippen LogP contribution is 2.28. The summed E-state index contributed by atoms with van der Waals surface area (Å²) in [6.45, 7) is 3.72. The van der Waals surface area contributed by atoms with Gasteiger partial charge in [0.05, 0.1) is 12.0 Å². The molecule has 1 unspecified atom stereocenters. The Morgan fingerprint density at radius 3 is 2.06 bits per heavy atom. The zero-order chi connectivity index (χ0) is 23.8. The van der Waals surface area contributed by atoms with E-state index in [0.29, 0.717) is 12.2 Å². The number of aliphatic hydroxyl groups is 1. The van der Waals surface area contributed by atoms with E-state index in [1.807, 2.05) is 92.7 Å². The van der Waals surface area contributed by atoms with Gasteiger partial charge in [-0.2, -0.15) is 0 Å². The first-order chi connectivity index (χ1) is 15.9. The molecule has 0 radical (unpaired) electrons. The summed E-state index contributed by atoms with van der Waals surface area (Å²) >= 11 is 0. The summed E-state index contributed by atoms with van der Waals surface area (Å²) in [4.78, 5) is 13.3. The summed E-state index contributed by atoms with van der Waals surface area (Å²) in [5.74, 6) is -0.389. The lowest BCUT2D eigenvalue weighted by Gasteiger charge is -2.29. The molecule has 0 aliphatic carbocycles. The standard InChI is InChI=1S/C28H34N2O3/c1-19-10-9-11-20(2)28(19)33-18-25(32)26(27(30)22-14-7-4-8-15-22)24(31)17-23(29)16-21-12-5-3-6-13-21/h3-15,23-24,26-27,31H,16-18,29-30H2,1-2H3/t23-,24-,26-,27?/m0/s1. The van der Waals surface area contributed by atoms with E-state index in [1.165, 1.54) is 0 Å². The van der Waals surface area contributed by atoms with Gasteiger partial charge >= 0.3 is 0 Å². The normalized spacial score (nSPS) is 14.8. The molecule has 5 N–H and O–H groups in total. The zero-order valence-electron chi connectivity index (χ0n) is 19.4. The fourth-order valence-corrected chi connectivity index (χ4v) is 4.26. The number of benzene rings is 3. The first kappa shape index (κ1) is 24.6. The van der Waals surface area contributed by atoms with Gasteiger partial charge in [0.15, 0.2) is 5.78 Å². The molecule has 0 aliphatic heterocycles. The van der Waals surface area contributed by atoms with E-state index in [1.54, 1.807) is 0 Å². The van der Waals surface area contributed by atoms with Gasteiger partial charge in [0.2, 0.25) is 0 Å². The fraction of sp³-hybridized carbons (Fsp3) is 0.321. The Bertz CT molecular complexity index is 1000. The second-order valence-electron chi connectivity index (χ2n) is 8.69. The van der Waals surface area contributed by atoms with Crippen molar-refractivity contribution in [1.29, 1.82) is 0 Å². The molecule has 0 saturated heterocycles. The maximum atomic E-state index is 13.3. The molecule has 0 fully saturated rings. The summed E-state index contributed by atoms with van der Waals surface area (Å²) in [5.41, 5.74) is 16.7. The molecule has 174 valence electrons. The Morgan fingerprint density at radius 1 is 0.879 bits per heavy atom. The lowest BCUT2D eigenvalue weighted by molar-refractivity contribution is -0.129. The zero-order valence-corrected chi connectivity index (χ0v) is 19.4. The van der Waals surface area contributed by atoms with Crippen LogP contribution < -0.4 is 16.2 Å². The number of rotatable bonds is 11. The topological polar surface area (TPSA) is 98.6 Å². The minimum absolute atomic E-state index is 0.165. The number of Topliss-reactive ketones (excluding diaryl/α,β-unsaturated/α-hetero) is 1. The van der Waals surface area contributed by atoms with E-state index in [4.69, 9.17) is 16.2 Å². The van der Waals surface area contributed by atoms with Gasteiger partial charge in [-0.15, -0.1) is 0 Å². The van der Waals surface area contributed by atoms with E-state index in [0.717, 1.165) is 22.3 Å². The molecule has 0 bridgehead atoms. The fourth-order valence-electron chi connectivity index (χ4n) is 4.26. The third kappa shape index (κ3) is 6.75. The highest BCUT2D eigenvalue weighted by molar-refractivity contribution is 5.84. The molecule has 3 rings (SSSR count). The number of para-hydroxylation sites is 1. The number of aryl methyl sites for hydroxylation is 2. The molecule has 3 aromatic rings. The second kappa shape index (κ2) is 11.8. The van der Waals surface area contributed by atoms with Crippen molar-refractivity contribution in [2.24, 2.45) is 17.4 Å². The van der Waals surface area contributed by atoms with E-state index >= 15 is 0 Å². The highest BCUT2D eigenvalue weighted by atomic mass is 16.5. The van der Waals surface area contributed by atoms with Crippen LogP contribution in [-0.4, -0.2) is 29.6 Å². The van der Waals surface area contributed by atoms with Crippen molar-refractivity contribution in [1.82, 2.24) is 0 Å². The largest absolute Gasteiger partial charge is 0.485 e. The van der Waals surface area contributed by atoms with Crippen LogP contribution in [0.2, 0.25) is 0 Å². The number of nitrogens with two attached hydrogens (primary N) is 2. The SMILES string of the molecule is Cc1cccc(C)c1OCC(=O)[C@@H](C(N)c1ccccc1)[C@@H](O)C[C@@H](N)Cc1ccccc1. The number of hydrogen-bond acceptors (Lipinski definition) is 5. The van der Waals surface area contributed by atoms with Crippen LogP contribution in [0.3, 0.4) is 0 Å². The predicted molar refractivity (Wildman–Crippen MR) is 132 cm³/mol. The number of ketones is 1. The maximum absolute atomic E-state index is 13.3. The predicted octanol–water partition coefficient (Wildman–Crippen LogP) is 3.89. The number of carbonyl (C=O) groups excluding carboxylic acids is 1. The monoisotopic (exact) mass is 446 g/mol. The molecule has 0 amide bonds. The number of ether oxygens (including phenoxy) is 1. The molecule has 5 heteroatoms. The van der Waals surface area contributed by atoms with Crippen molar-refractivity contribution in [3.8, 4) is 5.75 Å². The maximum Gasteiger partial charge on any atom is 0.177 e. The molecular formula is C28H34N2O3. The Morgan fingerprint density at radius 2 is 1.45 bits per heavy atom. The Hall–Kier alpha value is -2.99. The van der Waals surface area contributed by atoms with Crippen LogP contribution in [0.4, 0.5) is 0 Å². The van der Waals surface area contributed by atoms with Crippen LogP contribution in [0.1, 0.15) is 34.7 Å². The molecule has 33 heavy (non-hydrogen) atoms. The average Bonchev–Trinajstić information content (AvgIpc) is 2.80. The molecule has 0 aliphatic rings. The number of hydrogen-bond donors (Lipinski definition) is 3. The van der Waals surface area contributed by atoms with Crippen LogP contribution >= 0.6 is 0 Å². The molecular weight excluding hydrogens is 412 g/mol. The van der Waals surface area contributed by atoms with Crippen LogP contribution in [0.15, 0.2) is 78.9 Å².